The van der Waals surface area contributed by atoms with Crippen LogP contribution in [0.15, 0.2) is 17.5 Å². The zero-order chi connectivity index (χ0) is 29.5. The lowest BCUT2D eigenvalue weighted by molar-refractivity contribution is -0.144. The van der Waals surface area contributed by atoms with Gasteiger partial charge in [0.05, 0.1) is 12.4 Å². The molecule has 0 aliphatic heterocycles. The van der Waals surface area contributed by atoms with Crippen LogP contribution in [-0.2, 0) is 30.4 Å². The normalized spacial score (nSPS) is 14.6. The van der Waals surface area contributed by atoms with Crippen LogP contribution in [0.5, 0.6) is 0 Å². The first kappa shape index (κ1) is 32.8. The van der Waals surface area contributed by atoms with Crippen LogP contribution < -0.4 is 33.2 Å². The number of guanidine groups is 1. The first-order valence-electron chi connectivity index (χ1n) is 12.5. The SMILES string of the molecule is CCC(C)C(NC(=O)C(CCCN=C(N)N)NC(=O)C(Cc1cnc[nH]1)NC(=O)C(N)CCC(=O)O)C(=O)O. The van der Waals surface area contributed by atoms with Crippen molar-refractivity contribution in [1.82, 2.24) is 25.9 Å². The summed E-state index contributed by atoms with van der Waals surface area (Å²) in [5.74, 6) is -5.12. The number of H-pyrrole nitrogens is 1. The minimum atomic E-state index is -1.22. The molecule has 1 rings (SSSR count). The number of aliphatic carboxylic acids is 2. The van der Waals surface area contributed by atoms with Crippen molar-refractivity contribution in [2.24, 2.45) is 28.1 Å². The lowest BCUT2D eigenvalue weighted by Gasteiger charge is -2.26. The molecule has 5 atom stereocenters. The second-order valence-corrected chi connectivity index (χ2v) is 9.10. The van der Waals surface area contributed by atoms with E-state index in [0.29, 0.717) is 12.1 Å². The number of imidazole rings is 1. The molecule has 0 aliphatic carbocycles. The van der Waals surface area contributed by atoms with E-state index in [1.165, 1.54) is 12.5 Å². The molecule has 218 valence electrons. The molecule has 12 N–H and O–H groups in total. The number of carbonyl (C=O) groups is 5. The molecule has 0 radical (unpaired) electrons. The monoisotopic (exact) mass is 553 g/mol. The summed E-state index contributed by atoms with van der Waals surface area (Å²) in [5, 5.41) is 26.0. The van der Waals surface area contributed by atoms with Crippen LogP contribution in [0, 0.1) is 5.92 Å². The number of nitrogens with zero attached hydrogens (tertiary/aromatic N) is 2. The minimum Gasteiger partial charge on any atom is -0.481 e. The second-order valence-electron chi connectivity index (χ2n) is 9.10. The Morgan fingerprint density at radius 1 is 1.03 bits per heavy atom. The third kappa shape index (κ3) is 12.3. The van der Waals surface area contributed by atoms with Crippen molar-refractivity contribution in [3.63, 3.8) is 0 Å². The Hall–Kier alpha value is -4.21. The molecule has 0 saturated carbocycles. The minimum absolute atomic E-state index is 0.0455. The van der Waals surface area contributed by atoms with Gasteiger partial charge in [-0.3, -0.25) is 24.2 Å². The molecule has 0 fully saturated rings. The van der Waals surface area contributed by atoms with E-state index in [1.54, 1.807) is 13.8 Å². The van der Waals surface area contributed by atoms with Crippen LogP contribution in [0.1, 0.15) is 51.6 Å². The number of nitrogens with two attached hydrogens (primary N) is 3. The Balaban J connectivity index is 3.11. The number of carboxylic acid groups (broad SMARTS) is 2. The predicted molar refractivity (Wildman–Crippen MR) is 140 cm³/mol. The van der Waals surface area contributed by atoms with Gasteiger partial charge in [-0.25, -0.2) is 9.78 Å². The van der Waals surface area contributed by atoms with Gasteiger partial charge in [-0.15, -0.1) is 0 Å². The van der Waals surface area contributed by atoms with Crippen LogP contribution in [0.3, 0.4) is 0 Å². The van der Waals surface area contributed by atoms with Gasteiger partial charge in [0.25, 0.3) is 0 Å². The standard InChI is InChI=1S/C23H39N9O7/c1-3-12(2)18(22(38)39)32-20(36)15(5-4-8-28-23(25)26)30-21(37)16(9-13-10-27-11-29-13)31-19(35)14(24)6-7-17(33)34/h10-12,14-16,18H,3-9,24H2,1-2H3,(H,27,29)(H,30,37)(H,31,35)(H,32,36)(H,33,34)(H,38,39)(H4,25,26,28). The Morgan fingerprint density at radius 2 is 1.67 bits per heavy atom. The molecule has 16 heteroatoms. The van der Waals surface area contributed by atoms with Crippen LogP contribution >= 0.6 is 0 Å². The number of carbonyl (C=O) groups excluding carboxylic acids is 3. The number of aromatic nitrogens is 2. The van der Waals surface area contributed by atoms with Crippen molar-refractivity contribution in [1.29, 1.82) is 0 Å². The van der Waals surface area contributed by atoms with Crippen molar-refractivity contribution in [3.8, 4) is 0 Å². The number of aromatic amines is 1. The highest BCUT2D eigenvalue weighted by Gasteiger charge is 2.32. The maximum atomic E-state index is 13.3. The van der Waals surface area contributed by atoms with Crippen LogP contribution in [-0.4, -0.2) is 86.5 Å². The highest BCUT2D eigenvalue weighted by molar-refractivity contribution is 5.94. The third-order valence-electron chi connectivity index (χ3n) is 5.97. The zero-order valence-corrected chi connectivity index (χ0v) is 22.1. The topological polar surface area (TPSA) is 281 Å². The smallest absolute Gasteiger partial charge is 0.326 e. The number of hydrogen-bond donors (Lipinski definition) is 9. The Kier molecular flexibility index (Phi) is 14.0. The van der Waals surface area contributed by atoms with Crippen LogP contribution in [0.4, 0.5) is 0 Å². The van der Waals surface area contributed by atoms with Crippen molar-refractivity contribution >= 4 is 35.6 Å². The largest absolute Gasteiger partial charge is 0.481 e. The van der Waals surface area contributed by atoms with Gasteiger partial charge < -0.3 is 48.3 Å². The average Bonchev–Trinajstić information content (AvgIpc) is 3.39. The van der Waals surface area contributed by atoms with Gasteiger partial charge in [0.2, 0.25) is 17.7 Å². The highest BCUT2D eigenvalue weighted by atomic mass is 16.4. The summed E-state index contributed by atoms with van der Waals surface area (Å²) in [6, 6.07) is -4.78. The molecule has 0 bridgehead atoms. The average molecular weight is 554 g/mol. The molecule has 1 aromatic rings. The summed E-state index contributed by atoms with van der Waals surface area (Å²) in [6.07, 6.45) is 3.10. The van der Waals surface area contributed by atoms with Gasteiger partial charge in [0.15, 0.2) is 5.96 Å². The van der Waals surface area contributed by atoms with Gasteiger partial charge in [-0.05, 0) is 25.2 Å². The molecule has 39 heavy (non-hydrogen) atoms. The number of amides is 3. The van der Waals surface area contributed by atoms with E-state index in [4.69, 9.17) is 22.3 Å². The number of carboxylic acids is 2. The first-order chi connectivity index (χ1) is 18.3. The summed E-state index contributed by atoms with van der Waals surface area (Å²) in [6.45, 7) is 3.61. The fourth-order valence-electron chi connectivity index (χ4n) is 3.50. The van der Waals surface area contributed by atoms with E-state index in [-0.39, 0.29) is 50.5 Å². The van der Waals surface area contributed by atoms with Crippen LogP contribution in [0.25, 0.3) is 0 Å². The van der Waals surface area contributed by atoms with Crippen molar-refractivity contribution in [2.75, 3.05) is 6.54 Å². The lowest BCUT2D eigenvalue weighted by atomic mass is 9.98. The van der Waals surface area contributed by atoms with Gasteiger partial charge >= 0.3 is 11.9 Å². The molecule has 1 aromatic heterocycles. The molecular formula is C23H39N9O7. The van der Waals surface area contributed by atoms with Gasteiger partial charge in [0.1, 0.15) is 18.1 Å². The maximum absolute atomic E-state index is 13.3. The van der Waals surface area contributed by atoms with E-state index in [0.717, 1.165) is 0 Å². The predicted octanol–water partition coefficient (Wildman–Crippen LogP) is -2.22. The summed E-state index contributed by atoms with van der Waals surface area (Å²) in [5.41, 5.74) is 16.9. The first-order valence-corrected chi connectivity index (χ1v) is 12.5. The van der Waals surface area contributed by atoms with E-state index in [1.807, 2.05) is 0 Å². The molecule has 5 unspecified atom stereocenters. The molecule has 0 aromatic carbocycles. The number of nitrogens with one attached hydrogen (secondary N) is 4. The Bertz CT molecular complexity index is 996. The van der Waals surface area contributed by atoms with Crippen molar-refractivity contribution in [2.45, 2.75) is 76.5 Å². The summed E-state index contributed by atoms with van der Waals surface area (Å²) in [4.78, 5) is 72.1. The number of rotatable bonds is 18. The van der Waals surface area contributed by atoms with Crippen molar-refractivity contribution in [3.05, 3.63) is 18.2 Å². The van der Waals surface area contributed by atoms with E-state index >= 15 is 0 Å². The van der Waals surface area contributed by atoms with E-state index < -0.39 is 53.8 Å². The maximum Gasteiger partial charge on any atom is 0.326 e. The zero-order valence-electron chi connectivity index (χ0n) is 22.1. The Morgan fingerprint density at radius 3 is 2.21 bits per heavy atom. The van der Waals surface area contributed by atoms with Gasteiger partial charge in [-0.1, -0.05) is 20.3 Å². The second kappa shape index (κ2) is 16.6. The molecule has 16 nitrogen and oxygen atoms in total. The lowest BCUT2D eigenvalue weighted by Crippen LogP contribution is -2.58. The molecule has 0 aliphatic rings. The molecule has 3 amide bonds. The Labute approximate surface area is 225 Å². The summed E-state index contributed by atoms with van der Waals surface area (Å²) in [7, 11) is 0. The number of aliphatic imine (C=N–C) groups is 1. The van der Waals surface area contributed by atoms with Crippen LogP contribution in [0.2, 0.25) is 0 Å². The quantitative estimate of drug-likeness (QED) is 0.0533. The van der Waals surface area contributed by atoms with Crippen molar-refractivity contribution < 1.29 is 34.2 Å². The fourth-order valence-corrected chi connectivity index (χ4v) is 3.50. The number of hydrogen-bond acceptors (Lipinski definition) is 8. The molecular weight excluding hydrogens is 514 g/mol. The fraction of sp³-hybridized carbons (Fsp3) is 0.609. The summed E-state index contributed by atoms with van der Waals surface area (Å²) >= 11 is 0. The van der Waals surface area contributed by atoms with Gasteiger partial charge in [-0.2, -0.15) is 0 Å². The molecule has 1 heterocycles. The van der Waals surface area contributed by atoms with E-state index in [9.17, 15) is 29.1 Å². The molecule has 0 saturated heterocycles. The molecule has 0 spiro atoms. The van der Waals surface area contributed by atoms with E-state index in [2.05, 4.69) is 30.9 Å². The highest BCUT2D eigenvalue weighted by Crippen LogP contribution is 2.10. The third-order valence-corrected chi connectivity index (χ3v) is 5.97. The summed E-state index contributed by atoms with van der Waals surface area (Å²) < 4.78 is 0. The van der Waals surface area contributed by atoms with Gasteiger partial charge in [0, 0.05) is 31.3 Å².